The molecular weight excluding hydrogens is 424 g/mol. The van der Waals surface area contributed by atoms with Crippen LogP contribution in [0.2, 0.25) is 0 Å². The number of nitrogens with zero attached hydrogens (tertiary/aromatic N) is 8. The summed E-state index contributed by atoms with van der Waals surface area (Å²) in [5.41, 5.74) is 15.9. The lowest BCUT2D eigenvalue weighted by atomic mass is 9.97. The van der Waals surface area contributed by atoms with Crippen LogP contribution in [0.5, 0.6) is 0 Å². The van der Waals surface area contributed by atoms with Gasteiger partial charge < -0.3 is 0 Å². The summed E-state index contributed by atoms with van der Waals surface area (Å²) in [6, 6.07) is 0. The molecule has 0 spiro atoms. The van der Waals surface area contributed by atoms with E-state index in [1.807, 2.05) is 18.5 Å². The largest absolute Gasteiger partial charge is 0.253 e. The van der Waals surface area contributed by atoms with Gasteiger partial charge in [0.15, 0.2) is 0 Å². The van der Waals surface area contributed by atoms with E-state index in [-0.39, 0.29) is 0 Å². The van der Waals surface area contributed by atoms with E-state index in [0.717, 1.165) is 55.8 Å². The molecule has 0 unspecified atom stereocenters. The van der Waals surface area contributed by atoms with Gasteiger partial charge in [-0.05, 0) is 114 Å². The van der Waals surface area contributed by atoms with Gasteiger partial charge in [0.05, 0.1) is 16.9 Å². The van der Waals surface area contributed by atoms with Crippen LogP contribution >= 0.6 is 0 Å². The fourth-order valence-corrected chi connectivity index (χ4v) is 4.97. The van der Waals surface area contributed by atoms with E-state index in [0.29, 0.717) is 5.95 Å². The van der Waals surface area contributed by atoms with Crippen LogP contribution in [-0.4, -0.2) is 40.0 Å². The Morgan fingerprint density at radius 3 is 1.29 bits per heavy atom. The van der Waals surface area contributed by atoms with Gasteiger partial charge in [-0.25, -0.2) is 14.6 Å². The second-order valence-electron chi connectivity index (χ2n) is 9.44. The van der Waals surface area contributed by atoms with Gasteiger partial charge in [-0.15, -0.1) is 10.2 Å². The van der Waals surface area contributed by atoms with Crippen molar-refractivity contribution >= 4 is 22.1 Å². The predicted octanol–water partition coefficient (Wildman–Crippen LogP) is 5.03. The molecule has 0 amide bonds. The Kier molecular flexibility index (Phi) is 4.83. The zero-order chi connectivity index (χ0) is 24.6. The predicted molar refractivity (Wildman–Crippen MR) is 134 cm³/mol. The average molecular weight is 455 g/mol. The molecule has 0 atom stereocenters. The summed E-state index contributed by atoms with van der Waals surface area (Å²) in [4.78, 5) is 9.73. The molecule has 0 aliphatic carbocycles. The zero-order valence-corrected chi connectivity index (χ0v) is 21.6. The molecule has 0 aliphatic rings. The van der Waals surface area contributed by atoms with Crippen molar-refractivity contribution in [1.29, 1.82) is 0 Å². The van der Waals surface area contributed by atoms with Gasteiger partial charge >= 0.3 is 0 Å². The van der Waals surface area contributed by atoms with E-state index in [4.69, 9.17) is 9.97 Å². The van der Waals surface area contributed by atoms with E-state index in [2.05, 4.69) is 76.0 Å². The van der Waals surface area contributed by atoms with Gasteiger partial charge in [-0.1, -0.05) is 10.4 Å². The zero-order valence-electron chi connectivity index (χ0n) is 21.6. The summed E-state index contributed by atoms with van der Waals surface area (Å²) in [6.45, 7) is 20.9. The number of hydrogen-bond acceptors (Lipinski definition) is 6. The van der Waals surface area contributed by atoms with E-state index in [1.54, 1.807) is 4.68 Å². The van der Waals surface area contributed by atoms with Crippen molar-refractivity contribution in [3.63, 3.8) is 0 Å². The highest BCUT2D eigenvalue weighted by molar-refractivity contribution is 5.86. The van der Waals surface area contributed by atoms with Gasteiger partial charge in [0.25, 0.3) is 5.95 Å². The van der Waals surface area contributed by atoms with Crippen molar-refractivity contribution in [2.24, 2.45) is 0 Å². The van der Waals surface area contributed by atoms with Crippen molar-refractivity contribution in [2.45, 2.75) is 69.2 Å². The number of fused-ring (bicyclic) bond motifs is 2. The number of rotatable bonds is 2. The lowest BCUT2D eigenvalue weighted by Crippen LogP contribution is -2.12. The van der Waals surface area contributed by atoms with Crippen molar-refractivity contribution in [3.05, 3.63) is 55.9 Å². The van der Waals surface area contributed by atoms with Crippen molar-refractivity contribution in [1.82, 2.24) is 40.0 Å². The van der Waals surface area contributed by atoms with Crippen molar-refractivity contribution in [2.75, 3.05) is 0 Å². The minimum atomic E-state index is 0.511. The topological polar surface area (TPSA) is 87.2 Å². The minimum Gasteiger partial charge on any atom is -0.214 e. The molecule has 5 rings (SSSR count). The monoisotopic (exact) mass is 454 g/mol. The highest BCUT2D eigenvalue weighted by Gasteiger charge is 2.22. The number of aryl methyl sites for hydroxylation is 6. The molecule has 0 bridgehead atoms. The van der Waals surface area contributed by atoms with Crippen LogP contribution in [0.4, 0.5) is 0 Å². The highest BCUT2D eigenvalue weighted by Crippen LogP contribution is 2.32. The lowest BCUT2D eigenvalue weighted by Gasteiger charge is -2.15. The molecule has 5 aromatic rings. The summed E-state index contributed by atoms with van der Waals surface area (Å²) in [6.07, 6.45) is 0. The van der Waals surface area contributed by atoms with E-state index in [9.17, 15) is 0 Å². The van der Waals surface area contributed by atoms with Crippen molar-refractivity contribution < 1.29 is 0 Å². The Labute approximate surface area is 199 Å². The molecular formula is C26H30N8. The molecule has 3 heterocycles. The molecule has 174 valence electrons. The van der Waals surface area contributed by atoms with Crippen LogP contribution in [0.15, 0.2) is 0 Å². The normalized spacial score (nSPS) is 11.8. The van der Waals surface area contributed by atoms with E-state index >= 15 is 0 Å². The van der Waals surface area contributed by atoms with E-state index in [1.165, 1.54) is 27.8 Å². The molecule has 34 heavy (non-hydrogen) atoms. The average Bonchev–Trinajstić information content (AvgIpc) is 3.43. The van der Waals surface area contributed by atoms with Crippen LogP contribution in [0.3, 0.4) is 0 Å². The fourth-order valence-electron chi connectivity index (χ4n) is 4.97. The summed E-state index contributed by atoms with van der Waals surface area (Å²) >= 11 is 0. The molecule has 0 radical (unpaired) electrons. The second-order valence-corrected chi connectivity index (χ2v) is 9.44. The first kappa shape index (κ1) is 22.1. The fraction of sp³-hybridized carbons (Fsp3) is 0.385. The van der Waals surface area contributed by atoms with Crippen molar-refractivity contribution in [3.8, 4) is 11.6 Å². The second kappa shape index (κ2) is 7.41. The number of benzene rings is 2. The maximum Gasteiger partial charge on any atom is 0.253 e. The summed E-state index contributed by atoms with van der Waals surface area (Å²) in [7, 11) is 0. The number of aromatic nitrogens is 8. The Balaban J connectivity index is 1.76. The molecule has 0 N–H and O–H groups in total. The molecule has 0 saturated heterocycles. The Morgan fingerprint density at radius 2 is 0.824 bits per heavy atom. The maximum atomic E-state index is 4.87. The molecule has 8 heteroatoms. The van der Waals surface area contributed by atoms with Crippen LogP contribution in [0.1, 0.15) is 55.9 Å². The number of hydrogen-bond donors (Lipinski definition) is 0. The highest BCUT2D eigenvalue weighted by atomic mass is 15.5. The Bertz CT molecular complexity index is 1630. The van der Waals surface area contributed by atoms with Crippen LogP contribution < -0.4 is 0 Å². The van der Waals surface area contributed by atoms with Gasteiger partial charge in [0.2, 0.25) is 0 Å². The summed E-state index contributed by atoms with van der Waals surface area (Å²) < 4.78 is 3.65. The third-order valence-electron chi connectivity index (χ3n) is 7.76. The molecule has 8 nitrogen and oxygen atoms in total. The van der Waals surface area contributed by atoms with Gasteiger partial charge in [-0.3, -0.25) is 0 Å². The van der Waals surface area contributed by atoms with E-state index < -0.39 is 0 Å². The quantitative estimate of drug-likeness (QED) is 0.372. The van der Waals surface area contributed by atoms with Gasteiger partial charge in [0, 0.05) is 0 Å². The first-order valence-corrected chi connectivity index (χ1v) is 11.5. The molecule has 3 aromatic heterocycles. The minimum absolute atomic E-state index is 0.511. The molecule has 0 saturated carbocycles. The SMILES string of the molecule is Cc1nc(-n2nnc3c(C)c(C)c(C)c(C)c32)nc(C)c1-n1nnc2c(C)c(C)c(C)c(C)c21. The van der Waals surface area contributed by atoms with Crippen LogP contribution in [-0.2, 0) is 0 Å². The first-order valence-electron chi connectivity index (χ1n) is 11.5. The van der Waals surface area contributed by atoms with Crippen LogP contribution in [0, 0.1) is 69.2 Å². The molecule has 2 aromatic carbocycles. The first-order chi connectivity index (χ1) is 16.0. The maximum absolute atomic E-state index is 4.87. The lowest BCUT2D eigenvalue weighted by molar-refractivity contribution is 0.743. The van der Waals surface area contributed by atoms with Gasteiger partial charge in [0.1, 0.15) is 22.2 Å². The summed E-state index contributed by atoms with van der Waals surface area (Å²) in [5.74, 6) is 0.511. The molecule has 0 fully saturated rings. The Morgan fingerprint density at radius 1 is 0.441 bits per heavy atom. The third kappa shape index (κ3) is 2.84. The third-order valence-corrected chi connectivity index (χ3v) is 7.76. The Hall–Kier alpha value is -3.68. The van der Waals surface area contributed by atoms with Crippen LogP contribution in [0.25, 0.3) is 33.7 Å². The molecule has 0 aliphatic heterocycles. The van der Waals surface area contributed by atoms with Gasteiger partial charge in [-0.2, -0.15) is 4.68 Å². The summed E-state index contributed by atoms with van der Waals surface area (Å²) in [5, 5.41) is 18.0. The smallest absolute Gasteiger partial charge is 0.214 e. The standard InChI is InChI=1S/C26H30N8/c1-11-13(3)17(7)23-21(15(11)5)29-31-33(23)25-19(9)27-26(28-20(25)10)34-24-18(8)14(4)12(2)16(6)22(24)30-32-34/h1-10H3.